The van der Waals surface area contributed by atoms with Gasteiger partial charge in [-0.25, -0.2) is 0 Å². The summed E-state index contributed by atoms with van der Waals surface area (Å²) in [6.45, 7) is 2.34. The molecule has 1 atom stereocenters. The summed E-state index contributed by atoms with van der Waals surface area (Å²) in [7, 11) is 1.37. The Morgan fingerprint density at radius 3 is 2.69 bits per heavy atom. The molecule has 0 saturated carbocycles. The standard InChI is InChI=1S/C12H17NO3/c1-10(8-12(14)15-2)13-16-9-11-6-4-3-5-7-11/h3-7,10,13H,8-9H2,1-2H3/t10-/m0/s1. The van der Waals surface area contributed by atoms with Gasteiger partial charge in [0.1, 0.15) is 0 Å². The van der Waals surface area contributed by atoms with Crippen LogP contribution in [0.2, 0.25) is 0 Å². The fourth-order valence-electron chi connectivity index (χ4n) is 1.22. The van der Waals surface area contributed by atoms with Gasteiger partial charge >= 0.3 is 5.97 Å². The maximum Gasteiger partial charge on any atom is 0.307 e. The van der Waals surface area contributed by atoms with Gasteiger partial charge in [0.15, 0.2) is 0 Å². The van der Waals surface area contributed by atoms with Gasteiger partial charge in [0.2, 0.25) is 0 Å². The van der Waals surface area contributed by atoms with Crippen LogP contribution in [-0.4, -0.2) is 19.1 Å². The van der Waals surface area contributed by atoms with E-state index in [1.807, 2.05) is 37.3 Å². The van der Waals surface area contributed by atoms with E-state index in [-0.39, 0.29) is 12.0 Å². The molecule has 1 aromatic rings. The number of nitrogens with one attached hydrogen (secondary N) is 1. The number of benzene rings is 1. The van der Waals surface area contributed by atoms with Crippen molar-refractivity contribution in [3.63, 3.8) is 0 Å². The minimum atomic E-state index is -0.247. The summed E-state index contributed by atoms with van der Waals surface area (Å²) < 4.78 is 4.55. The van der Waals surface area contributed by atoms with Crippen molar-refractivity contribution in [2.45, 2.75) is 26.0 Å². The normalized spacial score (nSPS) is 12.1. The van der Waals surface area contributed by atoms with Crippen LogP contribution in [0.3, 0.4) is 0 Å². The Morgan fingerprint density at radius 1 is 1.38 bits per heavy atom. The number of esters is 1. The number of ether oxygens (including phenoxy) is 1. The van der Waals surface area contributed by atoms with Crippen LogP contribution in [0.25, 0.3) is 0 Å². The summed E-state index contributed by atoms with van der Waals surface area (Å²) in [6.07, 6.45) is 0.297. The first-order chi connectivity index (χ1) is 7.72. The molecule has 0 bridgehead atoms. The number of methoxy groups -OCH3 is 1. The van der Waals surface area contributed by atoms with Crippen LogP contribution < -0.4 is 5.48 Å². The van der Waals surface area contributed by atoms with Crippen molar-refractivity contribution in [3.05, 3.63) is 35.9 Å². The van der Waals surface area contributed by atoms with Crippen molar-refractivity contribution < 1.29 is 14.4 Å². The topological polar surface area (TPSA) is 47.6 Å². The van der Waals surface area contributed by atoms with E-state index in [9.17, 15) is 4.79 Å². The van der Waals surface area contributed by atoms with Gasteiger partial charge < -0.3 is 4.74 Å². The van der Waals surface area contributed by atoms with Crippen LogP contribution in [0.15, 0.2) is 30.3 Å². The van der Waals surface area contributed by atoms with E-state index in [1.54, 1.807) is 0 Å². The zero-order valence-corrected chi connectivity index (χ0v) is 9.60. The molecule has 0 radical (unpaired) electrons. The van der Waals surface area contributed by atoms with Gasteiger partial charge in [0, 0.05) is 6.04 Å². The largest absolute Gasteiger partial charge is 0.469 e. The molecule has 1 N–H and O–H groups in total. The molecular formula is C12H17NO3. The molecule has 0 aliphatic rings. The Morgan fingerprint density at radius 2 is 2.06 bits per heavy atom. The monoisotopic (exact) mass is 223 g/mol. The Labute approximate surface area is 95.5 Å². The summed E-state index contributed by atoms with van der Waals surface area (Å²) in [5, 5.41) is 0. The molecule has 0 aliphatic heterocycles. The van der Waals surface area contributed by atoms with Crippen molar-refractivity contribution in [3.8, 4) is 0 Å². The lowest BCUT2D eigenvalue weighted by Crippen LogP contribution is -2.28. The fraction of sp³-hybridized carbons (Fsp3) is 0.417. The molecule has 1 aromatic carbocycles. The highest BCUT2D eigenvalue weighted by atomic mass is 16.6. The van der Waals surface area contributed by atoms with Crippen LogP contribution in [0.4, 0.5) is 0 Å². The first-order valence-corrected chi connectivity index (χ1v) is 5.20. The second kappa shape index (κ2) is 6.98. The molecule has 0 spiro atoms. The first-order valence-electron chi connectivity index (χ1n) is 5.20. The van der Waals surface area contributed by atoms with E-state index >= 15 is 0 Å². The predicted molar refractivity (Wildman–Crippen MR) is 60.5 cm³/mol. The Balaban J connectivity index is 2.18. The minimum Gasteiger partial charge on any atom is -0.469 e. The third kappa shape index (κ3) is 4.91. The van der Waals surface area contributed by atoms with E-state index in [2.05, 4.69) is 10.2 Å². The van der Waals surface area contributed by atoms with Crippen molar-refractivity contribution in [1.29, 1.82) is 0 Å². The van der Waals surface area contributed by atoms with E-state index in [4.69, 9.17) is 4.84 Å². The quantitative estimate of drug-likeness (QED) is 0.588. The zero-order chi connectivity index (χ0) is 11.8. The molecule has 0 amide bonds. The van der Waals surface area contributed by atoms with Gasteiger partial charge in [-0.2, -0.15) is 5.48 Å². The molecule has 1 rings (SSSR count). The van der Waals surface area contributed by atoms with Gasteiger partial charge in [0.25, 0.3) is 0 Å². The molecule has 16 heavy (non-hydrogen) atoms. The van der Waals surface area contributed by atoms with Gasteiger partial charge in [-0.05, 0) is 12.5 Å². The van der Waals surface area contributed by atoms with Crippen LogP contribution >= 0.6 is 0 Å². The number of hydrogen-bond donors (Lipinski definition) is 1. The predicted octanol–water partition coefficient (Wildman–Crippen LogP) is 1.66. The first kappa shape index (κ1) is 12.7. The van der Waals surface area contributed by atoms with Crippen LogP contribution in [0.1, 0.15) is 18.9 Å². The lowest BCUT2D eigenvalue weighted by Gasteiger charge is -2.12. The number of carbonyl (C=O) groups excluding carboxylic acids is 1. The highest BCUT2D eigenvalue weighted by molar-refractivity contribution is 5.69. The van der Waals surface area contributed by atoms with Gasteiger partial charge in [-0.15, -0.1) is 0 Å². The molecule has 0 aliphatic carbocycles. The zero-order valence-electron chi connectivity index (χ0n) is 9.60. The highest BCUT2D eigenvalue weighted by Crippen LogP contribution is 2.00. The summed E-state index contributed by atoms with van der Waals surface area (Å²) >= 11 is 0. The lowest BCUT2D eigenvalue weighted by molar-refractivity contribution is -0.142. The summed E-state index contributed by atoms with van der Waals surface area (Å²) in [5.74, 6) is -0.247. The van der Waals surface area contributed by atoms with Crippen LogP contribution in [0.5, 0.6) is 0 Å². The van der Waals surface area contributed by atoms with Crippen molar-refractivity contribution in [2.75, 3.05) is 7.11 Å². The Kier molecular flexibility index (Phi) is 5.53. The van der Waals surface area contributed by atoms with E-state index < -0.39 is 0 Å². The number of carbonyl (C=O) groups is 1. The lowest BCUT2D eigenvalue weighted by atomic mass is 10.2. The van der Waals surface area contributed by atoms with Crippen LogP contribution in [-0.2, 0) is 21.0 Å². The van der Waals surface area contributed by atoms with E-state index in [0.29, 0.717) is 13.0 Å². The Hall–Kier alpha value is -1.39. The van der Waals surface area contributed by atoms with Gasteiger partial charge in [-0.1, -0.05) is 30.3 Å². The molecule has 4 heteroatoms. The minimum absolute atomic E-state index is 0.0591. The molecule has 0 heterocycles. The molecule has 0 unspecified atom stereocenters. The summed E-state index contributed by atoms with van der Waals surface area (Å²) in [5.41, 5.74) is 3.88. The highest BCUT2D eigenvalue weighted by Gasteiger charge is 2.08. The average Bonchev–Trinajstić information content (AvgIpc) is 2.30. The number of hydroxylamine groups is 1. The third-order valence-electron chi connectivity index (χ3n) is 2.07. The second-order valence-electron chi connectivity index (χ2n) is 3.57. The fourth-order valence-corrected chi connectivity index (χ4v) is 1.22. The van der Waals surface area contributed by atoms with E-state index in [1.165, 1.54) is 7.11 Å². The smallest absolute Gasteiger partial charge is 0.307 e. The number of rotatable bonds is 6. The summed E-state index contributed by atoms with van der Waals surface area (Å²) in [4.78, 5) is 16.2. The molecule has 4 nitrogen and oxygen atoms in total. The molecule has 88 valence electrons. The molecule has 0 aromatic heterocycles. The third-order valence-corrected chi connectivity index (χ3v) is 2.07. The Bertz CT molecular complexity index is 313. The summed E-state index contributed by atoms with van der Waals surface area (Å²) in [6, 6.07) is 9.76. The SMILES string of the molecule is COC(=O)C[C@H](C)NOCc1ccccc1. The molecular weight excluding hydrogens is 206 g/mol. The van der Waals surface area contributed by atoms with Crippen molar-refractivity contribution >= 4 is 5.97 Å². The number of hydrogen-bond acceptors (Lipinski definition) is 4. The maximum absolute atomic E-state index is 10.9. The average molecular weight is 223 g/mol. The van der Waals surface area contributed by atoms with Crippen molar-refractivity contribution in [1.82, 2.24) is 5.48 Å². The van der Waals surface area contributed by atoms with Crippen molar-refractivity contribution in [2.24, 2.45) is 0 Å². The van der Waals surface area contributed by atoms with Gasteiger partial charge in [-0.3, -0.25) is 9.63 Å². The molecule has 0 fully saturated rings. The van der Waals surface area contributed by atoms with Gasteiger partial charge in [0.05, 0.1) is 20.1 Å². The van der Waals surface area contributed by atoms with Crippen LogP contribution in [0, 0.1) is 0 Å². The van der Waals surface area contributed by atoms with E-state index in [0.717, 1.165) is 5.56 Å². The second-order valence-corrected chi connectivity index (χ2v) is 3.57. The maximum atomic E-state index is 10.9. The molecule has 0 saturated heterocycles.